The number of ether oxygens (including phenoxy) is 1. The molecule has 1 heterocycles. The fourth-order valence-electron chi connectivity index (χ4n) is 2.53. The highest BCUT2D eigenvalue weighted by molar-refractivity contribution is 9.10. The number of aliphatic carboxylic acids is 1. The maximum absolute atomic E-state index is 12.1. The molecule has 0 radical (unpaired) electrons. The molecule has 1 aliphatic rings. The van der Waals surface area contributed by atoms with E-state index in [9.17, 15) is 9.59 Å². The number of benzene rings is 1. The van der Waals surface area contributed by atoms with Gasteiger partial charge in [-0.2, -0.15) is 0 Å². The molecule has 0 bridgehead atoms. The summed E-state index contributed by atoms with van der Waals surface area (Å²) in [7, 11) is 0. The first-order valence-corrected chi connectivity index (χ1v) is 8.16. The number of hydrogen-bond acceptors (Lipinski definition) is 3. The molecule has 1 aromatic rings. The van der Waals surface area contributed by atoms with Gasteiger partial charge in [0.2, 0.25) is 5.91 Å². The molecule has 2 rings (SSSR count). The number of carboxylic acids is 1. The molecule has 1 N–H and O–H groups in total. The summed E-state index contributed by atoms with van der Waals surface area (Å²) in [5.74, 6) is -0.600. The summed E-state index contributed by atoms with van der Waals surface area (Å²) in [5.41, 5.74) is 1.13. The molecule has 5 nitrogen and oxygen atoms in total. The Balaban J connectivity index is 1.81. The minimum atomic E-state index is -0.822. The smallest absolute Gasteiger partial charge is 0.308 e. The molecule has 1 atom stereocenters. The van der Waals surface area contributed by atoms with Crippen molar-refractivity contribution in [3.05, 3.63) is 28.2 Å². The molecule has 6 heteroatoms. The third-order valence-electron chi connectivity index (χ3n) is 3.78. The number of carbonyl (C=O) groups is 2. The third-order valence-corrected chi connectivity index (χ3v) is 4.40. The van der Waals surface area contributed by atoms with E-state index in [1.807, 2.05) is 25.1 Å². The molecule has 1 unspecified atom stereocenters. The van der Waals surface area contributed by atoms with Gasteiger partial charge in [-0.05, 0) is 53.4 Å². The molecule has 0 spiro atoms. The van der Waals surface area contributed by atoms with Gasteiger partial charge >= 0.3 is 5.97 Å². The number of piperidine rings is 1. The predicted octanol–water partition coefficient (Wildman–Crippen LogP) is 2.85. The zero-order chi connectivity index (χ0) is 16.1. The highest BCUT2D eigenvalue weighted by Crippen LogP contribution is 2.26. The highest BCUT2D eigenvalue weighted by Gasteiger charge is 2.27. The lowest BCUT2D eigenvalue weighted by molar-refractivity contribution is -0.145. The fraction of sp³-hybridized carbons (Fsp3) is 0.500. The standard InChI is InChI=1S/C16H20BrNO4/c1-11-4-5-14(13(17)9-11)22-8-6-15(19)18-7-2-3-12(10-18)16(20)21/h4-5,9,12H,2-3,6-8,10H2,1H3,(H,20,21). The number of carbonyl (C=O) groups excluding carboxylic acids is 1. The fourth-order valence-corrected chi connectivity index (χ4v) is 3.14. The van der Waals surface area contributed by atoms with Crippen LogP contribution in [0.1, 0.15) is 24.8 Å². The van der Waals surface area contributed by atoms with Crippen molar-refractivity contribution in [2.45, 2.75) is 26.2 Å². The van der Waals surface area contributed by atoms with Crippen LogP contribution in [0.5, 0.6) is 5.75 Å². The van der Waals surface area contributed by atoms with Gasteiger partial charge in [0, 0.05) is 13.1 Å². The molecule has 1 aromatic carbocycles. The predicted molar refractivity (Wildman–Crippen MR) is 85.9 cm³/mol. The van der Waals surface area contributed by atoms with Crippen molar-refractivity contribution >= 4 is 27.8 Å². The maximum Gasteiger partial charge on any atom is 0.308 e. The molecular weight excluding hydrogens is 350 g/mol. The molecular formula is C16H20BrNO4. The normalized spacial score (nSPS) is 18.1. The second kappa shape index (κ2) is 7.63. The minimum absolute atomic E-state index is 0.0471. The summed E-state index contributed by atoms with van der Waals surface area (Å²) in [6.07, 6.45) is 1.64. The summed E-state index contributed by atoms with van der Waals surface area (Å²) in [6, 6.07) is 5.77. The van der Waals surface area contributed by atoms with Crippen molar-refractivity contribution in [3.8, 4) is 5.75 Å². The Hall–Kier alpha value is -1.56. The number of halogens is 1. The van der Waals surface area contributed by atoms with E-state index in [0.717, 1.165) is 16.5 Å². The van der Waals surface area contributed by atoms with Crippen molar-refractivity contribution in [1.29, 1.82) is 0 Å². The van der Waals surface area contributed by atoms with Gasteiger partial charge in [-0.1, -0.05) is 6.07 Å². The Labute approximate surface area is 138 Å². The summed E-state index contributed by atoms with van der Waals surface area (Å²) < 4.78 is 6.48. The average molecular weight is 370 g/mol. The first kappa shape index (κ1) is 16.8. The third kappa shape index (κ3) is 4.47. The number of likely N-dealkylation sites (tertiary alicyclic amines) is 1. The van der Waals surface area contributed by atoms with Gasteiger partial charge in [0.1, 0.15) is 5.75 Å². The van der Waals surface area contributed by atoms with Gasteiger partial charge in [0.15, 0.2) is 0 Å². The van der Waals surface area contributed by atoms with E-state index in [-0.39, 0.29) is 18.9 Å². The van der Waals surface area contributed by atoms with E-state index in [1.54, 1.807) is 4.90 Å². The van der Waals surface area contributed by atoms with Gasteiger partial charge in [-0.3, -0.25) is 9.59 Å². The zero-order valence-corrected chi connectivity index (χ0v) is 14.1. The van der Waals surface area contributed by atoms with Crippen LogP contribution in [-0.2, 0) is 9.59 Å². The number of aryl methyl sites for hydroxylation is 1. The van der Waals surface area contributed by atoms with Gasteiger partial charge < -0.3 is 14.7 Å². The largest absolute Gasteiger partial charge is 0.492 e. The van der Waals surface area contributed by atoms with Crippen molar-refractivity contribution < 1.29 is 19.4 Å². The number of carboxylic acid groups (broad SMARTS) is 1. The van der Waals surface area contributed by atoms with Crippen LogP contribution in [0.15, 0.2) is 22.7 Å². The van der Waals surface area contributed by atoms with Crippen LogP contribution in [-0.4, -0.2) is 41.6 Å². The first-order valence-electron chi connectivity index (χ1n) is 7.37. The molecule has 0 saturated carbocycles. The van der Waals surface area contributed by atoms with E-state index in [2.05, 4.69) is 15.9 Å². The quantitative estimate of drug-likeness (QED) is 0.866. The van der Waals surface area contributed by atoms with Crippen LogP contribution < -0.4 is 4.74 Å². The molecule has 1 fully saturated rings. The van der Waals surface area contributed by atoms with Crippen LogP contribution >= 0.6 is 15.9 Å². The van der Waals surface area contributed by atoms with Crippen LogP contribution in [0.3, 0.4) is 0 Å². The Morgan fingerprint density at radius 2 is 2.23 bits per heavy atom. The summed E-state index contributed by atoms with van der Waals surface area (Å²) >= 11 is 3.43. The number of rotatable bonds is 5. The zero-order valence-electron chi connectivity index (χ0n) is 12.5. The van der Waals surface area contributed by atoms with Crippen LogP contribution in [0.2, 0.25) is 0 Å². The highest BCUT2D eigenvalue weighted by atomic mass is 79.9. The van der Waals surface area contributed by atoms with E-state index in [1.165, 1.54) is 0 Å². The Bertz CT molecular complexity index is 561. The summed E-state index contributed by atoms with van der Waals surface area (Å²) in [5, 5.41) is 9.05. The number of nitrogens with zero attached hydrogens (tertiary/aromatic N) is 1. The van der Waals surface area contributed by atoms with Crippen molar-refractivity contribution in [1.82, 2.24) is 4.90 Å². The van der Waals surface area contributed by atoms with Gasteiger partial charge in [0.05, 0.1) is 23.4 Å². The van der Waals surface area contributed by atoms with Crippen LogP contribution in [0.25, 0.3) is 0 Å². The van der Waals surface area contributed by atoms with Crippen LogP contribution in [0, 0.1) is 12.8 Å². The topological polar surface area (TPSA) is 66.8 Å². The van der Waals surface area contributed by atoms with E-state index in [0.29, 0.717) is 25.3 Å². The molecule has 1 saturated heterocycles. The average Bonchev–Trinajstić information content (AvgIpc) is 2.49. The van der Waals surface area contributed by atoms with E-state index >= 15 is 0 Å². The Morgan fingerprint density at radius 3 is 2.91 bits per heavy atom. The second-order valence-corrected chi connectivity index (χ2v) is 6.40. The molecule has 22 heavy (non-hydrogen) atoms. The van der Waals surface area contributed by atoms with Crippen molar-refractivity contribution in [3.63, 3.8) is 0 Å². The number of amides is 1. The minimum Gasteiger partial charge on any atom is -0.492 e. The lowest BCUT2D eigenvalue weighted by atomic mass is 9.98. The number of hydrogen-bond donors (Lipinski definition) is 1. The molecule has 0 aromatic heterocycles. The van der Waals surface area contributed by atoms with Gasteiger partial charge in [-0.25, -0.2) is 0 Å². The summed E-state index contributed by atoms with van der Waals surface area (Å²) in [4.78, 5) is 24.8. The molecule has 1 aliphatic heterocycles. The Morgan fingerprint density at radius 1 is 1.45 bits per heavy atom. The van der Waals surface area contributed by atoms with Crippen LogP contribution in [0.4, 0.5) is 0 Å². The molecule has 1 amide bonds. The van der Waals surface area contributed by atoms with Gasteiger partial charge in [0.25, 0.3) is 0 Å². The molecule has 0 aliphatic carbocycles. The Kier molecular flexibility index (Phi) is 5.83. The lowest BCUT2D eigenvalue weighted by Crippen LogP contribution is -2.42. The van der Waals surface area contributed by atoms with Crippen molar-refractivity contribution in [2.75, 3.05) is 19.7 Å². The monoisotopic (exact) mass is 369 g/mol. The lowest BCUT2D eigenvalue weighted by Gasteiger charge is -2.30. The SMILES string of the molecule is Cc1ccc(OCCC(=O)N2CCCC(C(=O)O)C2)c(Br)c1. The van der Waals surface area contributed by atoms with Crippen molar-refractivity contribution in [2.24, 2.45) is 5.92 Å². The maximum atomic E-state index is 12.1. The summed E-state index contributed by atoms with van der Waals surface area (Å²) in [6.45, 7) is 3.22. The van der Waals surface area contributed by atoms with E-state index < -0.39 is 11.9 Å². The second-order valence-electron chi connectivity index (χ2n) is 5.55. The first-order chi connectivity index (χ1) is 10.5. The molecule has 120 valence electrons. The van der Waals surface area contributed by atoms with E-state index in [4.69, 9.17) is 9.84 Å². The van der Waals surface area contributed by atoms with Gasteiger partial charge in [-0.15, -0.1) is 0 Å².